The van der Waals surface area contributed by atoms with Crippen molar-refractivity contribution in [2.45, 2.75) is 57.9 Å². The largest absolute Gasteiger partial charge is 0.370 e. The third-order valence-electron chi connectivity index (χ3n) is 4.39. The Kier molecular flexibility index (Phi) is 2.85. The normalized spacial score (nSPS) is 23.6. The minimum atomic E-state index is 0.634. The Bertz CT molecular complexity index is 388. The highest BCUT2D eigenvalue weighted by Crippen LogP contribution is 2.44. The van der Waals surface area contributed by atoms with Crippen LogP contribution in [0, 0.1) is 5.92 Å². The molecule has 1 atom stereocenters. The standard InChI is InChI=1S/C14H23N3/c1-3-10(4-2)12-9-14-15-8-7-13(11-5-6-11)17(14)16-12/h9-11,13,15H,3-8H2,1-2H3. The Morgan fingerprint density at radius 3 is 2.76 bits per heavy atom. The molecule has 3 rings (SSSR count). The lowest BCUT2D eigenvalue weighted by Crippen LogP contribution is -2.24. The zero-order valence-corrected chi connectivity index (χ0v) is 10.9. The lowest BCUT2D eigenvalue weighted by atomic mass is 10.00. The number of hydrogen-bond donors (Lipinski definition) is 1. The molecular weight excluding hydrogens is 210 g/mol. The highest BCUT2D eigenvalue weighted by molar-refractivity contribution is 5.40. The average Bonchev–Trinajstić information content (AvgIpc) is 3.09. The van der Waals surface area contributed by atoms with Crippen LogP contribution in [0.25, 0.3) is 0 Å². The maximum absolute atomic E-state index is 4.89. The number of aromatic nitrogens is 2. The third kappa shape index (κ3) is 1.96. The molecule has 1 aliphatic heterocycles. The van der Waals surface area contributed by atoms with Crippen molar-refractivity contribution < 1.29 is 0 Å². The van der Waals surface area contributed by atoms with Gasteiger partial charge in [0.2, 0.25) is 0 Å². The van der Waals surface area contributed by atoms with Gasteiger partial charge in [0, 0.05) is 18.5 Å². The van der Waals surface area contributed by atoms with Crippen LogP contribution in [0.4, 0.5) is 5.82 Å². The van der Waals surface area contributed by atoms with Crippen LogP contribution in [0.1, 0.15) is 63.6 Å². The van der Waals surface area contributed by atoms with E-state index >= 15 is 0 Å². The molecule has 0 saturated heterocycles. The van der Waals surface area contributed by atoms with Crippen molar-refractivity contribution in [3.63, 3.8) is 0 Å². The molecule has 1 fully saturated rings. The topological polar surface area (TPSA) is 29.9 Å². The molecule has 1 aliphatic carbocycles. The summed E-state index contributed by atoms with van der Waals surface area (Å²) < 4.78 is 2.29. The van der Waals surface area contributed by atoms with Crippen LogP contribution in [0.3, 0.4) is 0 Å². The highest BCUT2D eigenvalue weighted by Gasteiger charge is 2.36. The van der Waals surface area contributed by atoms with E-state index in [1.807, 2.05) is 0 Å². The van der Waals surface area contributed by atoms with Crippen LogP contribution in [-0.4, -0.2) is 16.3 Å². The van der Waals surface area contributed by atoms with Gasteiger partial charge in [0.1, 0.15) is 5.82 Å². The van der Waals surface area contributed by atoms with Gasteiger partial charge >= 0.3 is 0 Å². The summed E-state index contributed by atoms with van der Waals surface area (Å²) in [5.74, 6) is 2.80. The van der Waals surface area contributed by atoms with Crippen molar-refractivity contribution in [1.29, 1.82) is 0 Å². The van der Waals surface area contributed by atoms with Crippen molar-refractivity contribution >= 4 is 5.82 Å². The number of rotatable bonds is 4. The van der Waals surface area contributed by atoms with Gasteiger partial charge in [-0.2, -0.15) is 5.10 Å². The van der Waals surface area contributed by atoms with Gasteiger partial charge in [-0.1, -0.05) is 13.8 Å². The Morgan fingerprint density at radius 1 is 1.35 bits per heavy atom. The summed E-state index contributed by atoms with van der Waals surface area (Å²) in [5, 5.41) is 8.39. The minimum absolute atomic E-state index is 0.634. The second kappa shape index (κ2) is 4.35. The van der Waals surface area contributed by atoms with E-state index in [9.17, 15) is 0 Å². The summed E-state index contributed by atoms with van der Waals surface area (Å²) in [6, 6.07) is 2.96. The summed E-state index contributed by atoms with van der Waals surface area (Å²) in [5.41, 5.74) is 1.30. The Balaban J connectivity index is 1.89. The van der Waals surface area contributed by atoms with Gasteiger partial charge in [-0.05, 0) is 38.0 Å². The molecule has 0 radical (unpaired) electrons. The first-order valence-corrected chi connectivity index (χ1v) is 7.16. The predicted octanol–water partition coefficient (Wildman–Crippen LogP) is 3.55. The third-order valence-corrected chi connectivity index (χ3v) is 4.39. The van der Waals surface area contributed by atoms with Crippen LogP contribution < -0.4 is 5.32 Å². The van der Waals surface area contributed by atoms with Crippen molar-refractivity contribution in [2.24, 2.45) is 5.92 Å². The molecule has 0 bridgehead atoms. The molecular formula is C14H23N3. The fourth-order valence-corrected chi connectivity index (χ4v) is 3.09. The summed E-state index contributed by atoms with van der Waals surface area (Å²) in [7, 11) is 0. The number of fused-ring (bicyclic) bond motifs is 1. The van der Waals surface area contributed by atoms with E-state index in [2.05, 4.69) is 29.9 Å². The molecule has 3 nitrogen and oxygen atoms in total. The van der Waals surface area contributed by atoms with E-state index in [4.69, 9.17) is 5.10 Å². The zero-order chi connectivity index (χ0) is 11.8. The number of nitrogens with zero attached hydrogens (tertiary/aromatic N) is 2. The first-order chi connectivity index (χ1) is 8.33. The van der Waals surface area contributed by atoms with E-state index in [1.165, 1.54) is 43.6 Å². The molecule has 17 heavy (non-hydrogen) atoms. The first-order valence-electron chi connectivity index (χ1n) is 7.16. The van der Waals surface area contributed by atoms with Crippen molar-refractivity contribution in [1.82, 2.24) is 9.78 Å². The monoisotopic (exact) mass is 233 g/mol. The Morgan fingerprint density at radius 2 is 2.12 bits per heavy atom. The maximum Gasteiger partial charge on any atom is 0.124 e. The number of nitrogens with one attached hydrogen (secondary N) is 1. The lowest BCUT2D eigenvalue weighted by Gasteiger charge is -2.25. The van der Waals surface area contributed by atoms with Gasteiger partial charge in [0.15, 0.2) is 0 Å². The Hall–Kier alpha value is -0.990. The molecule has 1 N–H and O–H groups in total. The van der Waals surface area contributed by atoms with Gasteiger partial charge in [0.25, 0.3) is 0 Å². The molecule has 0 spiro atoms. The maximum atomic E-state index is 4.89. The van der Waals surface area contributed by atoms with Crippen LogP contribution in [0.2, 0.25) is 0 Å². The van der Waals surface area contributed by atoms with Gasteiger partial charge in [-0.3, -0.25) is 0 Å². The summed E-state index contributed by atoms with van der Waals surface area (Å²) in [6.45, 7) is 5.64. The molecule has 3 heteroatoms. The molecule has 94 valence electrons. The molecule has 1 aromatic heterocycles. The Labute approximate surface area is 104 Å². The van der Waals surface area contributed by atoms with Crippen LogP contribution in [0.15, 0.2) is 6.07 Å². The summed E-state index contributed by atoms with van der Waals surface area (Å²) >= 11 is 0. The van der Waals surface area contributed by atoms with Crippen molar-refractivity contribution in [2.75, 3.05) is 11.9 Å². The molecule has 1 aromatic rings. The molecule has 1 unspecified atom stereocenters. The molecule has 0 aromatic carbocycles. The van der Waals surface area contributed by atoms with E-state index in [0.717, 1.165) is 12.5 Å². The van der Waals surface area contributed by atoms with Gasteiger partial charge in [0.05, 0.1) is 11.7 Å². The number of hydrogen-bond acceptors (Lipinski definition) is 2. The predicted molar refractivity (Wildman–Crippen MR) is 70.4 cm³/mol. The van der Waals surface area contributed by atoms with E-state index < -0.39 is 0 Å². The van der Waals surface area contributed by atoms with E-state index in [-0.39, 0.29) is 0 Å². The van der Waals surface area contributed by atoms with E-state index in [0.29, 0.717) is 12.0 Å². The molecule has 1 saturated carbocycles. The molecule has 2 heterocycles. The minimum Gasteiger partial charge on any atom is -0.370 e. The van der Waals surface area contributed by atoms with Crippen LogP contribution in [-0.2, 0) is 0 Å². The smallest absolute Gasteiger partial charge is 0.124 e. The first kappa shape index (κ1) is 11.1. The fraction of sp³-hybridized carbons (Fsp3) is 0.786. The fourth-order valence-electron chi connectivity index (χ4n) is 3.09. The molecule has 2 aliphatic rings. The van der Waals surface area contributed by atoms with Crippen molar-refractivity contribution in [3.8, 4) is 0 Å². The van der Waals surface area contributed by atoms with Gasteiger partial charge in [-0.15, -0.1) is 0 Å². The second-order valence-corrected chi connectivity index (χ2v) is 5.53. The van der Waals surface area contributed by atoms with Gasteiger partial charge in [-0.25, -0.2) is 4.68 Å². The van der Waals surface area contributed by atoms with E-state index in [1.54, 1.807) is 0 Å². The molecule has 0 amide bonds. The lowest BCUT2D eigenvalue weighted by molar-refractivity contribution is 0.371. The highest BCUT2D eigenvalue weighted by atomic mass is 15.4. The summed E-state index contributed by atoms with van der Waals surface area (Å²) in [6.07, 6.45) is 6.46. The van der Waals surface area contributed by atoms with Crippen LogP contribution >= 0.6 is 0 Å². The van der Waals surface area contributed by atoms with Crippen molar-refractivity contribution in [3.05, 3.63) is 11.8 Å². The summed E-state index contributed by atoms with van der Waals surface area (Å²) in [4.78, 5) is 0. The zero-order valence-electron chi connectivity index (χ0n) is 10.9. The average molecular weight is 233 g/mol. The second-order valence-electron chi connectivity index (χ2n) is 5.53. The van der Waals surface area contributed by atoms with Crippen LogP contribution in [0.5, 0.6) is 0 Å². The quantitative estimate of drug-likeness (QED) is 0.862. The SMILES string of the molecule is CCC(CC)c1cc2n(n1)C(C1CC1)CCN2. The number of anilines is 1. The van der Waals surface area contributed by atoms with Gasteiger partial charge < -0.3 is 5.32 Å².